The number of carbonyl (C=O) groups excluding carboxylic acids is 1. The average Bonchev–Trinajstić information content (AvgIpc) is 2.89. The Hall–Kier alpha value is -1.55. The molecule has 0 spiro atoms. The first-order valence-electron chi connectivity index (χ1n) is 8.23. The molecule has 1 aromatic heterocycles. The van der Waals surface area contributed by atoms with Gasteiger partial charge >= 0.3 is 0 Å². The van der Waals surface area contributed by atoms with Crippen molar-refractivity contribution in [2.75, 3.05) is 51.9 Å². The number of likely N-dealkylation sites (N-methyl/N-ethyl adjacent to an activating group) is 2. The van der Waals surface area contributed by atoms with Crippen molar-refractivity contribution in [3.8, 4) is 0 Å². The summed E-state index contributed by atoms with van der Waals surface area (Å²) < 4.78 is 25.4. The number of anilines is 1. The number of hydrogen-bond donors (Lipinski definition) is 0. The molecule has 2 aromatic rings. The number of rotatable bonds is 7. The Balaban J connectivity index is 2.38. The molecular weight excluding hydrogens is 372 g/mol. The maximum absolute atomic E-state index is 12.8. The summed E-state index contributed by atoms with van der Waals surface area (Å²) in [5.41, 5.74) is 3.11. The molecule has 0 bridgehead atoms. The third-order valence-electron chi connectivity index (χ3n) is 4.04. The molecule has 0 atom stereocenters. The topological polar surface area (TPSA) is 73.8 Å². The van der Waals surface area contributed by atoms with Crippen LogP contribution >= 0.6 is 11.3 Å². The van der Waals surface area contributed by atoms with Crippen molar-refractivity contribution in [1.29, 1.82) is 0 Å². The standard InChI is InChI=1S/C17H26N4O3S2/c1-12-9-13(2)16-14(10-12)18-17(25-16)21(8-7-19(3)4)15(22)11-20(5)26(6,23)24/h9-10H,7-8,11H2,1-6H3. The van der Waals surface area contributed by atoms with E-state index in [0.717, 1.165) is 31.9 Å². The van der Waals surface area contributed by atoms with Gasteiger partial charge in [0.1, 0.15) is 0 Å². The zero-order chi connectivity index (χ0) is 19.6. The molecular formula is C17H26N4O3S2. The summed E-state index contributed by atoms with van der Waals surface area (Å²) in [6, 6.07) is 4.09. The van der Waals surface area contributed by atoms with Crippen LogP contribution in [0.3, 0.4) is 0 Å². The third-order valence-corrected chi connectivity index (χ3v) is 6.53. The lowest BCUT2D eigenvalue weighted by Crippen LogP contribution is -2.43. The fraction of sp³-hybridized carbons (Fsp3) is 0.529. The SMILES string of the molecule is Cc1cc(C)c2sc(N(CCN(C)C)C(=O)CN(C)S(C)(=O)=O)nc2c1. The quantitative estimate of drug-likeness (QED) is 0.710. The molecule has 0 radical (unpaired) electrons. The number of aryl methyl sites for hydroxylation is 2. The van der Waals surface area contributed by atoms with Gasteiger partial charge in [0.15, 0.2) is 5.13 Å². The van der Waals surface area contributed by atoms with Crippen LogP contribution in [0, 0.1) is 13.8 Å². The van der Waals surface area contributed by atoms with E-state index in [-0.39, 0.29) is 12.5 Å². The number of sulfonamides is 1. The molecule has 0 aliphatic heterocycles. The first-order chi connectivity index (χ1) is 12.0. The van der Waals surface area contributed by atoms with E-state index >= 15 is 0 Å². The van der Waals surface area contributed by atoms with Crippen LogP contribution in [0.5, 0.6) is 0 Å². The number of amides is 1. The lowest BCUT2D eigenvalue weighted by atomic mass is 10.1. The highest BCUT2D eigenvalue weighted by atomic mass is 32.2. The van der Waals surface area contributed by atoms with Crippen LogP contribution in [0.1, 0.15) is 11.1 Å². The Labute approximate surface area is 159 Å². The summed E-state index contributed by atoms with van der Waals surface area (Å²) in [6.07, 6.45) is 1.09. The van der Waals surface area contributed by atoms with E-state index in [1.165, 1.54) is 18.4 Å². The van der Waals surface area contributed by atoms with Gasteiger partial charge in [-0.3, -0.25) is 9.69 Å². The highest BCUT2D eigenvalue weighted by Crippen LogP contribution is 2.32. The summed E-state index contributed by atoms with van der Waals surface area (Å²) >= 11 is 1.46. The van der Waals surface area contributed by atoms with Crippen molar-refractivity contribution >= 4 is 42.6 Å². The smallest absolute Gasteiger partial charge is 0.244 e. The van der Waals surface area contributed by atoms with Crippen molar-refractivity contribution < 1.29 is 13.2 Å². The van der Waals surface area contributed by atoms with E-state index in [0.29, 0.717) is 18.2 Å². The summed E-state index contributed by atoms with van der Waals surface area (Å²) in [6.45, 7) is 4.94. The molecule has 0 aliphatic rings. The van der Waals surface area contributed by atoms with Crippen LogP contribution in [0.2, 0.25) is 0 Å². The lowest BCUT2D eigenvalue weighted by molar-refractivity contribution is -0.118. The predicted molar refractivity (Wildman–Crippen MR) is 107 cm³/mol. The van der Waals surface area contributed by atoms with Crippen molar-refractivity contribution in [3.63, 3.8) is 0 Å². The molecule has 0 saturated heterocycles. The van der Waals surface area contributed by atoms with Gasteiger partial charge < -0.3 is 4.90 Å². The van der Waals surface area contributed by atoms with Crippen molar-refractivity contribution in [2.24, 2.45) is 0 Å². The van der Waals surface area contributed by atoms with Crippen molar-refractivity contribution in [2.45, 2.75) is 13.8 Å². The summed E-state index contributed by atoms with van der Waals surface area (Å²) in [4.78, 5) is 21.0. The second kappa shape index (κ2) is 7.99. The maximum Gasteiger partial charge on any atom is 0.244 e. The monoisotopic (exact) mass is 398 g/mol. The fourth-order valence-electron chi connectivity index (χ4n) is 2.50. The molecule has 0 unspecified atom stereocenters. The van der Waals surface area contributed by atoms with Gasteiger partial charge in [-0.05, 0) is 45.1 Å². The zero-order valence-corrected chi connectivity index (χ0v) is 17.7. The van der Waals surface area contributed by atoms with Crippen LogP contribution in [-0.4, -0.2) is 75.5 Å². The normalized spacial score (nSPS) is 12.3. The minimum absolute atomic E-state index is 0.208. The minimum Gasteiger partial charge on any atom is -0.308 e. The number of thiazole rings is 1. The molecule has 0 aliphatic carbocycles. The molecule has 0 N–H and O–H groups in total. The Kier molecular flexibility index (Phi) is 6.38. The van der Waals surface area contributed by atoms with E-state index in [9.17, 15) is 13.2 Å². The van der Waals surface area contributed by atoms with E-state index in [4.69, 9.17) is 0 Å². The van der Waals surface area contributed by atoms with Gasteiger partial charge in [0, 0.05) is 20.1 Å². The Bertz CT molecular complexity index is 906. The molecule has 26 heavy (non-hydrogen) atoms. The van der Waals surface area contributed by atoms with Gasteiger partial charge in [-0.2, -0.15) is 4.31 Å². The summed E-state index contributed by atoms with van der Waals surface area (Å²) in [5, 5.41) is 0.599. The lowest BCUT2D eigenvalue weighted by Gasteiger charge is -2.24. The predicted octanol–water partition coefficient (Wildman–Crippen LogP) is 1.70. The molecule has 7 nitrogen and oxygen atoms in total. The molecule has 9 heteroatoms. The van der Waals surface area contributed by atoms with Crippen LogP contribution in [0.15, 0.2) is 12.1 Å². The van der Waals surface area contributed by atoms with Crippen molar-refractivity contribution in [1.82, 2.24) is 14.2 Å². The molecule has 1 heterocycles. The highest BCUT2D eigenvalue weighted by Gasteiger charge is 2.24. The van der Waals surface area contributed by atoms with Gasteiger partial charge in [-0.15, -0.1) is 0 Å². The number of benzene rings is 1. The first kappa shape index (κ1) is 20.8. The van der Waals surface area contributed by atoms with Crippen molar-refractivity contribution in [3.05, 3.63) is 23.3 Å². The van der Waals surface area contributed by atoms with E-state index in [2.05, 4.69) is 11.1 Å². The van der Waals surface area contributed by atoms with E-state index in [1.807, 2.05) is 38.9 Å². The number of fused-ring (bicyclic) bond motifs is 1. The number of hydrogen-bond acceptors (Lipinski definition) is 6. The third kappa shape index (κ3) is 5.00. The molecule has 1 amide bonds. The molecule has 0 saturated carbocycles. The molecule has 2 rings (SSSR count). The highest BCUT2D eigenvalue weighted by molar-refractivity contribution is 7.88. The van der Waals surface area contributed by atoms with E-state index < -0.39 is 10.0 Å². The average molecular weight is 399 g/mol. The fourth-order valence-corrected chi connectivity index (χ4v) is 3.90. The van der Waals surface area contributed by atoms with Crippen LogP contribution < -0.4 is 4.90 Å². The minimum atomic E-state index is -3.42. The first-order valence-corrected chi connectivity index (χ1v) is 10.9. The zero-order valence-electron chi connectivity index (χ0n) is 16.1. The molecule has 0 fully saturated rings. The number of carbonyl (C=O) groups is 1. The largest absolute Gasteiger partial charge is 0.308 e. The van der Waals surface area contributed by atoms with Crippen LogP contribution in [-0.2, 0) is 14.8 Å². The maximum atomic E-state index is 12.8. The number of nitrogens with zero attached hydrogens (tertiary/aromatic N) is 4. The Morgan fingerprint density at radius 1 is 1.15 bits per heavy atom. The summed E-state index contributed by atoms with van der Waals surface area (Å²) in [5.74, 6) is -0.284. The van der Waals surface area contributed by atoms with E-state index in [1.54, 1.807) is 4.90 Å². The second-order valence-electron chi connectivity index (χ2n) is 6.79. The van der Waals surface area contributed by atoms with Gasteiger partial charge in [-0.1, -0.05) is 17.4 Å². The Morgan fingerprint density at radius 2 is 1.81 bits per heavy atom. The van der Waals surface area contributed by atoms with Gasteiger partial charge in [-0.25, -0.2) is 13.4 Å². The molecule has 144 valence electrons. The number of aromatic nitrogens is 1. The second-order valence-corrected chi connectivity index (χ2v) is 9.86. The van der Waals surface area contributed by atoms with Gasteiger partial charge in [0.25, 0.3) is 0 Å². The Morgan fingerprint density at radius 3 is 2.38 bits per heavy atom. The summed E-state index contributed by atoms with van der Waals surface area (Å²) in [7, 11) is 1.84. The molecule has 1 aromatic carbocycles. The van der Waals surface area contributed by atoms with Gasteiger partial charge in [0.2, 0.25) is 15.9 Å². The van der Waals surface area contributed by atoms with Gasteiger partial charge in [0.05, 0.1) is 23.0 Å². The van der Waals surface area contributed by atoms with Crippen LogP contribution in [0.4, 0.5) is 5.13 Å². The van der Waals surface area contributed by atoms with Crippen LogP contribution in [0.25, 0.3) is 10.2 Å².